The van der Waals surface area contributed by atoms with E-state index in [9.17, 15) is 0 Å². The van der Waals surface area contributed by atoms with Crippen LogP contribution < -0.4 is 67.9 Å². The average molecular weight is 1780 g/mol. The molecule has 0 saturated heterocycles. The van der Waals surface area contributed by atoms with Crippen LogP contribution in [0.25, 0.3) is 0 Å². The van der Waals surface area contributed by atoms with Gasteiger partial charge >= 0.3 is 39.0 Å². The zero-order valence-corrected chi connectivity index (χ0v) is 71.3. The SMILES string of the molecule is Cc1c2c(C)c(Cn3ccnc3)c(C)c1Cc1c(C)c(c(C)c(Cn3ccnc3)c1C)Cc1c(C)c(c(C)c(Cn3ccnc3)c1C)Cc1c(C)c(c(C)c(Cn3ccnc3)c1C)C2.ClC(Cl)Cl.ClC(Cl)Cl.ClC(Cl)Cl.ClC(Cl)Cl.[Br-].[Br-].[Br-].[Br-].[Zn+2].[Zn+2]. The van der Waals surface area contributed by atoms with Crippen LogP contribution in [-0.2, 0) is 90.8 Å². The fourth-order valence-corrected chi connectivity index (χ4v) is 11.6. The van der Waals surface area contributed by atoms with Gasteiger partial charge in [0.15, 0.2) is 17.2 Å². The van der Waals surface area contributed by atoms with Crippen LogP contribution in [0.3, 0.4) is 0 Å². The molecule has 26 heteroatoms. The van der Waals surface area contributed by atoms with Gasteiger partial charge in [-0.1, -0.05) is 139 Å². The van der Waals surface area contributed by atoms with E-state index in [-0.39, 0.29) is 107 Å². The summed E-state index contributed by atoms with van der Waals surface area (Å²) in [6.07, 6.45) is 27.3. The first kappa shape index (κ1) is 88.4. The summed E-state index contributed by atoms with van der Waals surface area (Å²) < 4.78 is 5.94. The molecule has 0 amide bonds. The van der Waals surface area contributed by atoms with Crippen molar-refractivity contribution < 1.29 is 107 Å². The predicted molar refractivity (Wildman–Crippen MR) is 345 cm³/mol. The Labute approximate surface area is 637 Å². The number of fused-ring (bicyclic) bond motifs is 8. The van der Waals surface area contributed by atoms with Gasteiger partial charge < -0.3 is 86.2 Å². The van der Waals surface area contributed by atoms with E-state index in [1.54, 1.807) is 0 Å². The monoisotopic (exact) mass is 1760 g/mol. The fraction of sp³-hybridized carbons (Fsp3) is 0.400. The number of aromatic nitrogens is 8. The summed E-state index contributed by atoms with van der Waals surface area (Å²) in [7, 11) is 0. The first-order valence-corrected chi connectivity index (χ1v) is 30.8. The molecule has 0 unspecified atom stereocenters. The number of benzene rings is 4. The quantitative estimate of drug-likeness (QED) is 0.122. The smallest absolute Gasteiger partial charge is 1.00 e. The van der Waals surface area contributed by atoms with E-state index in [2.05, 4.69) is 146 Å². The molecule has 86 heavy (non-hydrogen) atoms. The summed E-state index contributed by atoms with van der Waals surface area (Å²) in [5.74, 6) is 0. The number of nitrogens with zero attached hydrogens (tertiary/aromatic N) is 8. The van der Waals surface area contributed by atoms with Crippen LogP contribution in [0, 0.1) is 83.1 Å². The molecule has 4 heterocycles. The molecule has 4 aromatic carbocycles. The Balaban J connectivity index is 0. The molecule has 8 bridgehead atoms. The van der Waals surface area contributed by atoms with E-state index in [1.807, 2.05) is 50.1 Å². The van der Waals surface area contributed by atoms with E-state index in [0.717, 1.165) is 51.9 Å². The number of hydrogen-bond donors (Lipinski definition) is 0. The first-order chi connectivity index (χ1) is 37.7. The zero-order chi connectivity index (χ0) is 59.4. The number of alkyl halides is 12. The van der Waals surface area contributed by atoms with Crippen molar-refractivity contribution in [2.75, 3.05) is 0 Å². The van der Waals surface area contributed by atoms with Crippen LogP contribution in [0.15, 0.2) is 74.9 Å². The molecule has 8 aromatic rings. The zero-order valence-electron chi connectivity index (χ0n) is 49.9. The van der Waals surface area contributed by atoms with Gasteiger partial charge in [-0.3, -0.25) is 0 Å². The first-order valence-electron chi connectivity index (χ1n) is 25.6. The van der Waals surface area contributed by atoms with Gasteiger partial charge in [-0.25, -0.2) is 19.9 Å². The average Bonchev–Trinajstić information content (AvgIpc) is 4.24. The van der Waals surface area contributed by atoms with E-state index in [1.165, 1.54) is 134 Å². The summed E-state index contributed by atoms with van der Waals surface area (Å²) >= 11 is 57.7. The van der Waals surface area contributed by atoms with E-state index in [4.69, 9.17) is 139 Å². The number of rotatable bonds is 8. The second-order valence-electron chi connectivity index (χ2n) is 19.9. The van der Waals surface area contributed by atoms with Crippen molar-refractivity contribution in [2.24, 2.45) is 0 Å². The number of hydrogen-bond acceptors (Lipinski definition) is 4. The Hall–Kier alpha value is 0.367. The maximum atomic E-state index is 4.81. The molecule has 4 aromatic heterocycles. The van der Waals surface area contributed by atoms with Crippen molar-refractivity contribution in [1.82, 2.24) is 38.2 Å². The third-order valence-electron chi connectivity index (χ3n) is 15.9. The minimum atomic E-state index is -0.750. The maximum absolute atomic E-state index is 4.81. The fourth-order valence-electron chi connectivity index (χ4n) is 11.6. The third kappa shape index (κ3) is 24.0. The van der Waals surface area contributed by atoms with Gasteiger partial charge in [-0.05, 0) is 242 Å². The van der Waals surface area contributed by atoms with Crippen molar-refractivity contribution in [3.8, 4) is 0 Å². The Morgan fingerprint density at radius 2 is 0.407 bits per heavy atom. The summed E-state index contributed by atoms with van der Waals surface area (Å²) in [6, 6.07) is 0. The van der Waals surface area contributed by atoms with Crippen molar-refractivity contribution in [1.29, 1.82) is 0 Å². The summed E-state index contributed by atoms with van der Waals surface area (Å²) in [5.41, 5.74) is 34.0. The van der Waals surface area contributed by atoms with Crippen LogP contribution in [-0.4, -0.2) is 55.4 Å². The minimum Gasteiger partial charge on any atom is -1.00 e. The molecule has 0 atom stereocenters. The van der Waals surface area contributed by atoms with Crippen LogP contribution in [0.4, 0.5) is 0 Å². The molecule has 0 spiro atoms. The van der Waals surface area contributed by atoms with Crippen LogP contribution >= 0.6 is 139 Å². The molecule has 0 N–H and O–H groups in total. The molecule has 1 aliphatic rings. The molecule has 1 aliphatic carbocycles. The number of imidazole rings is 4. The van der Waals surface area contributed by atoms with Crippen molar-refractivity contribution in [3.63, 3.8) is 0 Å². The Morgan fingerprint density at radius 3 is 0.512 bits per heavy atom. The van der Waals surface area contributed by atoms with Crippen molar-refractivity contribution in [2.45, 2.75) is 152 Å². The van der Waals surface area contributed by atoms with E-state index in [0.29, 0.717) is 0 Å². The van der Waals surface area contributed by atoms with Gasteiger partial charge in [0.05, 0.1) is 25.3 Å². The summed E-state index contributed by atoms with van der Waals surface area (Å²) in [6.45, 7) is 31.8. The molecule has 464 valence electrons. The van der Waals surface area contributed by atoms with E-state index < -0.39 is 17.2 Å². The predicted octanol–water partition coefficient (Wildman–Crippen LogP) is 7.00. The molecule has 0 saturated carbocycles. The largest absolute Gasteiger partial charge is 2.00 e. The van der Waals surface area contributed by atoms with Crippen molar-refractivity contribution in [3.05, 3.63) is 208 Å². The minimum absolute atomic E-state index is 0. The van der Waals surface area contributed by atoms with Gasteiger partial charge in [0, 0.05) is 75.8 Å². The second-order valence-corrected chi connectivity index (χ2v) is 27.8. The van der Waals surface area contributed by atoms with E-state index >= 15 is 0 Å². The van der Waals surface area contributed by atoms with Gasteiger partial charge in [0.2, 0.25) is 0 Å². The molecular formula is C60H68Br4Cl12N8Zn2. The Kier molecular flexibility index (Phi) is 43.1. The number of halogens is 16. The molecule has 0 radical (unpaired) electrons. The molecular weight excluding hydrogens is 1710 g/mol. The molecule has 0 fully saturated rings. The summed E-state index contributed by atoms with van der Waals surface area (Å²) in [4.78, 5) is 17.9. The topological polar surface area (TPSA) is 71.3 Å². The normalized spacial score (nSPS) is 11.1. The van der Waals surface area contributed by atoms with Crippen LogP contribution in [0.5, 0.6) is 0 Å². The Bertz CT molecular complexity index is 2770. The third-order valence-corrected chi connectivity index (χ3v) is 15.9. The van der Waals surface area contributed by atoms with Gasteiger partial charge in [-0.2, -0.15) is 0 Å². The van der Waals surface area contributed by atoms with Gasteiger partial charge in [0.1, 0.15) is 0 Å². The standard InChI is InChI=1S/C56H64N8.4CHCl3.4BrH.2Zn/c1-33-45-21-47-34(2)49(41(9)54(39(47)7)26-62-18-14-58-30-62)23-51-36(4)52(44(12)56(43(51)11)28-64-20-16-60-32-64)24-50-35(3)48(40(8)55(42(50)10)27-63-19-15-59-31-63)22-46(33)38(6)53(37(45)5)25-61-17-13-57-29-61;4*2-1(3)4;;;;;;/h13-20,29-32H,21-28H2,1-12H3;4*1H;4*1H;;/q;;;;;;;;;2*+2/p-4. The molecule has 8 nitrogen and oxygen atoms in total. The Morgan fingerprint density at radius 1 is 0.279 bits per heavy atom. The van der Waals surface area contributed by atoms with Gasteiger partial charge in [-0.15, -0.1) is 0 Å². The second kappa shape index (κ2) is 41.9. The van der Waals surface area contributed by atoms with Crippen LogP contribution in [0.2, 0.25) is 0 Å². The summed E-state index contributed by atoms with van der Waals surface area (Å²) in [5, 5.41) is 0. The maximum Gasteiger partial charge on any atom is 2.00 e. The molecule has 9 rings (SSSR count). The van der Waals surface area contributed by atoms with Crippen molar-refractivity contribution >= 4 is 139 Å². The van der Waals surface area contributed by atoms with Crippen LogP contribution in [0.1, 0.15) is 134 Å². The molecule has 0 aliphatic heterocycles. The van der Waals surface area contributed by atoms with Gasteiger partial charge in [0.25, 0.3) is 0 Å².